The van der Waals surface area contributed by atoms with Crippen molar-refractivity contribution in [1.29, 1.82) is 0 Å². The lowest BCUT2D eigenvalue weighted by atomic mass is 10.2. The Kier molecular flexibility index (Phi) is 2.72. The average Bonchev–Trinajstić information content (AvgIpc) is 3.17. The molecule has 2 heterocycles. The van der Waals surface area contributed by atoms with Gasteiger partial charge >= 0.3 is 0 Å². The first-order chi connectivity index (χ1) is 10.7. The van der Waals surface area contributed by atoms with Crippen molar-refractivity contribution in [3.8, 4) is 22.8 Å². The minimum Gasteiger partial charge on any atom is -0.345 e. The minimum absolute atomic E-state index is 0.124. The highest BCUT2D eigenvalue weighted by molar-refractivity contribution is 5.80. The second kappa shape index (κ2) is 4.73. The van der Waals surface area contributed by atoms with Crippen molar-refractivity contribution in [2.75, 3.05) is 0 Å². The van der Waals surface area contributed by atoms with Crippen molar-refractivity contribution < 1.29 is 13.3 Å². The summed E-state index contributed by atoms with van der Waals surface area (Å²) in [4.78, 5) is 11.3. The molecular formula is C15H8F2N4O. The van der Waals surface area contributed by atoms with Gasteiger partial charge in [0.15, 0.2) is 11.6 Å². The summed E-state index contributed by atoms with van der Waals surface area (Å²) < 4.78 is 31.3. The van der Waals surface area contributed by atoms with Gasteiger partial charge in [0.05, 0.1) is 17.4 Å². The molecule has 0 radical (unpaired) electrons. The van der Waals surface area contributed by atoms with Gasteiger partial charge in [-0.25, -0.2) is 13.8 Å². The first-order valence-electron chi connectivity index (χ1n) is 6.43. The third-order valence-electron chi connectivity index (χ3n) is 3.27. The molecule has 0 spiro atoms. The van der Waals surface area contributed by atoms with Crippen LogP contribution in [0.5, 0.6) is 0 Å². The Morgan fingerprint density at radius 1 is 0.955 bits per heavy atom. The highest BCUT2D eigenvalue weighted by atomic mass is 19.2. The van der Waals surface area contributed by atoms with E-state index in [-0.39, 0.29) is 5.89 Å². The zero-order valence-corrected chi connectivity index (χ0v) is 11.0. The Morgan fingerprint density at radius 2 is 1.82 bits per heavy atom. The molecule has 0 amide bonds. The van der Waals surface area contributed by atoms with Crippen LogP contribution in [0.25, 0.3) is 33.9 Å². The number of aromatic nitrogens is 4. The summed E-state index contributed by atoms with van der Waals surface area (Å²) in [7, 11) is 0. The number of nitrogens with one attached hydrogen (secondary N) is 1. The lowest BCUT2D eigenvalue weighted by molar-refractivity contribution is 0.431. The maximum Gasteiger partial charge on any atom is 0.258 e. The van der Waals surface area contributed by atoms with Gasteiger partial charge < -0.3 is 9.51 Å². The minimum atomic E-state index is -0.962. The Labute approximate surface area is 122 Å². The van der Waals surface area contributed by atoms with Gasteiger partial charge in [-0.3, -0.25) is 0 Å². The summed E-state index contributed by atoms with van der Waals surface area (Å²) in [6, 6.07) is 8.89. The zero-order valence-electron chi connectivity index (χ0n) is 11.0. The number of nitrogens with zero attached hydrogens (tertiary/aromatic N) is 3. The summed E-state index contributed by atoms with van der Waals surface area (Å²) >= 11 is 0. The molecule has 0 atom stereocenters. The van der Waals surface area contributed by atoms with Crippen LogP contribution >= 0.6 is 0 Å². The molecule has 0 aliphatic heterocycles. The Morgan fingerprint density at radius 3 is 2.68 bits per heavy atom. The zero-order chi connectivity index (χ0) is 15.1. The van der Waals surface area contributed by atoms with Gasteiger partial charge in [0.2, 0.25) is 5.82 Å². The highest BCUT2D eigenvalue weighted by Crippen LogP contribution is 2.25. The smallest absolute Gasteiger partial charge is 0.258 e. The van der Waals surface area contributed by atoms with E-state index < -0.39 is 11.6 Å². The van der Waals surface area contributed by atoms with Crippen LogP contribution < -0.4 is 0 Å². The second-order valence-electron chi connectivity index (χ2n) is 4.69. The lowest BCUT2D eigenvalue weighted by Crippen LogP contribution is -1.86. The summed E-state index contributed by atoms with van der Waals surface area (Å²) in [6.07, 6.45) is 1.59. The lowest BCUT2D eigenvalue weighted by Gasteiger charge is -1.96. The van der Waals surface area contributed by atoms with Crippen LogP contribution in [-0.2, 0) is 0 Å². The molecule has 4 rings (SSSR count). The fourth-order valence-corrected chi connectivity index (χ4v) is 2.16. The van der Waals surface area contributed by atoms with Crippen molar-refractivity contribution in [2.45, 2.75) is 0 Å². The third kappa shape index (κ3) is 2.03. The second-order valence-corrected chi connectivity index (χ2v) is 4.69. The van der Waals surface area contributed by atoms with Crippen molar-refractivity contribution in [1.82, 2.24) is 20.1 Å². The van der Waals surface area contributed by atoms with E-state index >= 15 is 0 Å². The number of hydrogen-bond acceptors (Lipinski definition) is 4. The first-order valence-corrected chi connectivity index (χ1v) is 6.43. The standard InChI is InChI=1S/C15H8F2N4O/c16-10-3-1-9(5-11(10)17)15-20-14(21-22-15)8-2-4-12-13(6-8)19-7-18-12/h1-7H,(H,18,19). The molecule has 2 aromatic heterocycles. The number of aromatic amines is 1. The number of rotatable bonds is 2. The van der Waals surface area contributed by atoms with Crippen molar-refractivity contribution in [3.63, 3.8) is 0 Å². The monoisotopic (exact) mass is 298 g/mol. The number of hydrogen-bond donors (Lipinski definition) is 1. The van der Waals surface area contributed by atoms with E-state index in [1.807, 2.05) is 18.2 Å². The van der Waals surface area contributed by atoms with E-state index in [0.717, 1.165) is 28.7 Å². The predicted molar refractivity (Wildman–Crippen MR) is 74.7 cm³/mol. The maximum atomic E-state index is 13.3. The fraction of sp³-hybridized carbons (Fsp3) is 0. The third-order valence-corrected chi connectivity index (χ3v) is 3.27. The van der Waals surface area contributed by atoms with Crippen LogP contribution in [0.2, 0.25) is 0 Å². The van der Waals surface area contributed by atoms with Gasteiger partial charge in [0.25, 0.3) is 5.89 Å². The van der Waals surface area contributed by atoms with Crippen molar-refractivity contribution >= 4 is 11.0 Å². The van der Waals surface area contributed by atoms with Gasteiger partial charge in [-0.2, -0.15) is 4.98 Å². The van der Waals surface area contributed by atoms with E-state index in [0.29, 0.717) is 11.4 Å². The van der Waals surface area contributed by atoms with E-state index in [2.05, 4.69) is 20.1 Å². The normalized spacial score (nSPS) is 11.2. The van der Waals surface area contributed by atoms with Crippen molar-refractivity contribution in [3.05, 3.63) is 54.4 Å². The Hall–Kier alpha value is -3.09. The maximum absolute atomic E-state index is 13.3. The molecule has 5 nitrogen and oxygen atoms in total. The number of H-pyrrole nitrogens is 1. The van der Waals surface area contributed by atoms with Gasteiger partial charge in [-0.1, -0.05) is 5.16 Å². The quantitative estimate of drug-likeness (QED) is 0.614. The molecular weight excluding hydrogens is 290 g/mol. The SMILES string of the molecule is Fc1ccc(-c2nc(-c3ccc4nc[nH]c4c3)no2)cc1F. The van der Waals surface area contributed by atoms with Crippen LogP contribution in [0.3, 0.4) is 0 Å². The molecule has 108 valence electrons. The van der Waals surface area contributed by atoms with Crippen LogP contribution in [0.15, 0.2) is 47.2 Å². The largest absolute Gasteiger partial charge is 0.345 e. The molecule has 0 saturated heterocycles. The van der Waals surface area contributed by atoms with Gasteiger partial charge in [0, 0.05) is 11.1 Å². The average molecular weight is 298 g/mol. The molecule has 0 saturated carbocycles. The summed E-state index contributed by atoms with van der Waals surface area (Å²) in [5.74, 6) is -1.40. The first kappa shape index (κ1) is 12.6. The number of benzene rings is 2. The fourth-order valence-electron chi connectivity index (χ4n) is 2.16. The molecule has 2 aromatic carbocycles. The Bertz CT molecular complexity index is 977. The number of fused-ring (bicyclic) bond motifs is 1. The van der Waals surface area contributed by atoms with Crippen LogP contribution in [0.1, 0.15) is 0 Å². The molecule has 1 N–H and O–H groups in total. The molecule has 7 heteroatoms. The molecule has 0 aliphatic carbocycles. The van der Waals surface area contributed by atoms with E-state index in [1.54, 1.807) is 6.33 Å². The van der Waals surface area contributed by atoms with Crippen LogP contribution in [-0.4, -0.2) is 20.1 Å². The number of imidazole rings is 1. The van der Waals surface area contributed by atoms with Crippen LogP contribution in [0, 0.1) is 11.6 Å². The van der Waals surface area contributed by atoms with E-state index in [4.69, 9.17) is 4.52 Å². The predicted octanol–water partition coefficient (Wildman–Crippen LogP) is 3.56. The molecule has 22 heavy (non-hydrogen) atoms. The van der Waals surface area contributed by atoms with E-state index in [1.165, 1.54) is 6.07 Å². The topological polar surface area (TPSA) is 67.6 Å². The molecule has 0 unspecified atom stereocenters. The summed E-state index contributed by atoms with van der Waals surface area (Å²) in [5, 5.41) is 3.87. The molecule has 0 bridgehead atoms. The highest BCUT2D eigenvalue weighted by Gasteiger charge is 2.13. The van der Waals surface area contributed by atoms with E-state index in [9.17, 15) is 8.78 Å². The Balaban J connectivity index is 1.75. The molecule has 4 aromatic rings. The number of halogens is 2. The summed E-state index contributed by atoms with van der Waals surface area (Å²) in [6.45, 7) is 0. The van der Waals surface area contributed by atoms with Crippen LogP contribution in [0.4, 0.5) is 8.78 Å². The van der Waals surface area contributed by atoms with Gasteiger partial charge in [-0.05, 0) is 36.4 Å². The van der Waals surface area contributed by atoms with Gasteiger partial charge in [0.1, 0.15) is 0 Å². The van der Waals surface area contributed by atoms with Crippen molar-refractivity contribution in [2.24, 2.45) is 0 Å². The molecule has 0 aliphatic rings. The molecule has 0 fully saturated rings. The van der Waals surface area contributed by atoms with Gasteiger partial charge in [-0.15, -0.1) is 0 Å². The summed E-state index contributed by atoms with van der Waals surface area (Å²) in [5.41, 5.74) is 2.72.